The van der Waals surface area contributed by atoms with Gasteiger partial charge in [0, 0.05) is 25.2 Å². The molecule has 3 aromatic rings. The van der Waals surface area contributed by atoms with Crippen LogP contribution in [-0.4, -0.2) is 75.8 Å². The molecule has 0 aliphatic carbocycles. The maximum atomic E-state index is 13.1. The van der Waals surface area contributed by atoms with Gasteiger partial charge in [0.25, 0.3) is 11.5 Å². The molecular formula is C26H30N4O5. The third kappa shape index (κ3) is 4.87. The molecule has 0 bridgehead atoms. The highest BCUT2D eigenvalue weighted by Gasteiger charge is 2.37. The second-order valence-corrected chi connectivity index (χ2v) is 9.27. The highest BCUT2D eigenvalue weighted by molar-refractivity contribution is 5.94. The minimum Gasteiger partial charge on any atom is -0.492 e. The molecule has 3 heterocycles. The number of carbonyl (C=O) groups excluding carboxylic acids is 1. The molecule has 2 aromatic carbocycles. The number of hydrogen-bond acceptors (Lipinski definition) is 6. The number of carbonyl (C=O) groups is 1. The number of ether oxygens (including phenoxy) is 1. The number of aromatic nitrogens is 2. The van der Waals surface area contributed by atoms with E-state index in [4.69, 9.17) is 4.74 Å². The average Bonchev–Trinajstić information content (AvgIpc) is 3.26. The summed E-state index contributed by atoms with van der Waals surface area (Å²) in [4.78, 5) is 44.2. The van der Waals surface area contributed by atoms with Crippen molar-refractivity contribution in [1.29, 1.82) is 0 Å². The number of aliphatic hydroxyl groups excluding tert-OH is 1. The number of fused-ring (bicyclic) bond motifs is 1. The number of benzene rings is 2. The lowest BCUT2D eigenvalue weighted by atomic mass is 10.1. The Labute approximate surface area is 202 Å². The van der Waals surface area contributed by atoms with Gasteiger partial charge in [-0.15, -0.1) is 0 Å². The largest absolute Gasteiger partial charge is 0.492 e. The van der Waals surface area contributed by atoms with Gasteiger partial charge in [0.1, 0.15) is 12.4 Å². The molecule has 2 N–H and O–H groups in total. The lowest BCUT2D eigenvalue weighted by Gasteiger charge is -2.26. The second-order valence-electron chi connectivity index (χ2n) is 9.27. The van der Waals surface area contributed by atoms with E-state index in [1.165, 1.54) is 28.7 Å². The van der Waals surface area contributed by atoms with E-state index in [1.54, 1.807) is 48.5 Å². The number of nitrogens with zero attached hydrogens (tertiary/aromatic N) is 3. The number of amides is 1. The molecule has 0 radical (unpaired) electrons. The summed E-state index contributed by atoms with van der Waals surface area (Å²) in [5.41, 5.74) is -0.149. The normalized spacial score (nSPS) is 20.9. The second kappa shape index (κ2) is 10.1. The van der Waals surface area contributed by atoms with Crippen LogP contribution in [0.15, 0.2) is 58.1 Å². The molecule has 0 spiro atoms. The maximum absolute atomic E-state index is 13.1. The molecule has 2 atom stereocenters. The van der Waals surface area contributed by atoms with Crippen LogP contribution >= 0.6 is 0 Å². The quantitative estimate of drug-likeness (QED) is 0.558. The number of piperidine rings is 1. The van der Waals surface area contributed by atoms with Crippen LogP contribution in [0.1, 0.15) is 35.7 Å². The third-order valence-electron chi connectivity index (χ3n) is 6.95. The Morgan fingerprint density at radius 3 is 2.51 bits per heavy atom. The number of likely N-dealkylation sites (tertiary alicyclic amines) is 2. The van der Waals surface area contributed by atoms with Crippen molar-refractivity contribution < 1.29 is 14.6 Å². The van der Waals surface area contributed by atoms with Gasteiger partial charge in [-0.25, -0.2) is 4.79 Å². The standard InChI is InChI=1S/C26H30N4O5/c31-23-17-29(16-22(23)30-21-7-3-2-6-20(21)24(32)27-26(30)34)25(33)18-8-10-19(11-9-18)35-15-14-28-12-4-1-5-13-28/h2-3,6-11,22-23,31H,1,4-5,12-17H2,(H,27,32,34)/t22-,23-/m0/s1. The molecule has 9 heteroatoms. The van der Waals surface area contributed by atoms with E-state index in [-0.39, 0.29) is 19.0 Å². The molecule has 0 saturated carbocycles. The Bertz CT molecular complexity index is 1310. The van der Waals surface area contributed by atoms with Crippen LogP contribution in [-0.2, 0) is 0 Å². The number of rotatable bonds is 6. The van der Waals surface area contributed by atoms with Crippen molar-refractivity contribution in [3.63, 3.8) is 0 Å². The number of hydrogen-bond donors (Lipinski definition) is 2. The van der Waals surface area contributed by atoms with Crippen LogP contribution in [0.4, 0.5) is 0 Å². The van der Waals surface area contributed by atoms with E-state index in [1.807, 2.05) is 0 Å². The van der Waals surface area contributed by atoms with Crippen LogP contribution < -0.4 is 16.0 Å². The molecule has 0 unspecified atom stereocenters. The van der Waals surface area contributed by atoms with Crippen molar-refractivity contribution >= 4 is 16.8 Å². The van der Waals surface area contributed by atoms with E-state index in [0.29, 0.717) is 28.8 Å². The monoisotopic (exact) mass is 478 g/mol. The van der Waals surface area contributed by atoms with Crippen molar-refractivity contribution in [2.45, 2.75) is 31.4 Å². The predicted molar refractivity (Wildman–Crippen MR) is 132 cm³/mol. The Hall–Kier alpha value is -3.43. The van der Waals surface area contributed by atoms with Crippen molar-refractivity contribution in [3.8, 4) is 5.75 Å². The summed E-state index contributed by atoms with van der Waals surface area (Å²) in [7, 11) is 0. The minimum atomic E-state index is -0.941. The highest BCUT2D eigenvalue weighted by atomic mass is 16.5. The van der Waals surface area contributed by atoms with Crippen molar-refractivity contribution in [3.05, 3.63) is 74.9 Å². The van der Waals surface area contributed by atoms with E-state index in [9.17, 15) is 19.5 Å². The van der Waals surface area contributed by atoms with Crippen LogP contribution in [0.3, 0.4) is 0 Å². The number of aliphatic hydroxyl groups is 1. The predicted octanol–water partition coefficient (Wildman–Crippen LogP) is 1.61. The topological polar surface area (TPSA) is 108 Å². The van der Waals surface area contributed by atoms with Gasteiger partial charge in [0.05, 0.1) is 23.0 Å². The number of nitrogens with one attached hydrogen (secondary N) is 1. The fourth-order valence-electron chi connectivity index (χ4n) is 5.08. The molecule has 184 valence electrons. The fraction of sp³-hybridized carbons (Fsp3) is 0.423. The Morgan fingerprint density at radius 2 is 1.74 bits per heavy atom. The third-order valence-corrected chi connectivity index (χ3v) is 6.95. The average molecular weight is 479 g/mol. The zero-order chi connectivity index (χ0) is 24.4. The molecule has 2 fully saturated rings. The van der Waals surface area contributed by atoms with Gasteiger partial charge in [-0.3, -0.25) is 24.0 Å². The number of aromatic amines is 1. The van der Waals surface area contributed by atoms with E-state index < -0.39 is 23.4 Å². The first kappa shape index (κ1) is 23.3. The minimum absolute atomic E-state index is 0.0947. The highest BCUT2D eigenvalue weighted by Crippen LogP contribution is 2.25. The van der Waals surface area contributed by atoms with Crippen LogP contribution in [0.5, 0.6) is 5.75 Å². The van der Waals surface area contributed by atoms with E-state index in [0.717, 1.165) is 19.6 Å². The maximum Gasteiger partial charge on any atom is 0.329 e. The lowest BCUT2D eigenvalue weighted by molar-refractivity contribution is 0.0764. The Morgan fingerprint density at radius 1 is 1.00 bits per heavy atom. The molecule has 5 rings (SSSR count). The lowest BCUT2D eigenvalue weighted by Crippen LogP contribution is -2.37. The fourth-order valence-corrected chi connectivity index (χ4v) is 5.08. The number of para-hydroxylation sites is 1. The molecule has 35 heavy (non-hydrogen) atoms. The zero-order valence-electron chi connectivity index (χ0n) is 19.6. The van der Waals surface area contributed by atoms with Crippen LogP contribution in [0.2, 0.25) is 0 Å². The van der Waals surface area contributed by atoms with Crippen LogP contribution in [0, 0.1) is 0 Å². The van der Waals surface area contributed by atoms with Gasteiger partial charge in [0.15, 0.2) is 0 Å². The van der Waals surface area contributed by atoms with Gasteiger partial charge in [-0.05, 0) is 62.3 Å². The van der Waals surface area contributed by atoms with Crippen LogP contribution in [0.25, 0.3) is 10.9 Å². The van der Waals surface area contributed by atoms with Crippen molar-refractivity contribution in [2.75, 3.05) is 39.3 Å². The van der Waals surface area contributed by atoms with E-state index in [2.05, 4.69) is 9.88 Å². The summed E-state index contributed by atoms with van der Waals surface area (Å²) in [6.45, 7) is 4.00. The Balaban J connectivity index is 1.25. The first-order valence-corrected chi connectivity index (χ1v) is 12.2. The first-order chi connectivity index (χ1) is 17.0. The first-order valence-electron chi connectivity index (χ1n) is 12.2. The number of β-amino-alcohol motifs (C(OH)–C–C–N with tert-alkyl or cyclic N) is 1. The van der Waals surface area contributed by atoms with E-state index >= 15 is 0 Å². The van der Waals surface area contributed by atoms with Crippen molar-refractivity contribution in [2.24, 2.45) is 0 Å². The van der Waals surface area contributed by atoms with Gasteiger partial charge >= 0.3 is 5.69 Å². The summed E-state index contributed by atoms with van der Waals surface area (Å²) in [6, 6.07) is 13.1. The summed E-state index contributed by atoms with van der Waals surface area (Å²) in [6.07, 6.45) is 2.86. The molecule has 2 aliphatic rings. The van der Waals surface area contributed by atoms with Gasteiger partial charge in [-0.2, -0.15) is 0 Å². The SMILES string of the molecule is O=C(c1ccc(OCCN2CCCCC2)cc1)N1C[C@H](O)[C@@H](n2c(=O)[nH]c(=O)c3ccccc32)C1. The number of H-pyrrole nitrogens is 1. The molecule has 2 saturated heterocycles. The molecule has 1 amide bonds. The molecular weight excluding hydrogens is 448 g/mol. The summed E-state index contributed by atoms with van der Waals surface area (Å²) in [5.74, 6) is 0.484. The van der Waals surface area contributed by atoms with Gasteiger partial charge in [-0.1, -0.05) is 18.6 Å². The van der Waals surface area contributed by atoms with Gasteiger partial charge in [0.2, 0.25) is 0 Å². The smallest absolute Gasteiger partial charge is 0.329 e. The zero-order valence-corrected chi connectivity index (χ0v) is 19.6. The molecule has 1 aromatic heterocycles. The Kier molecular flexibility index (Phi) is 6.70. The molecule has 2 aliphatic heterocycles. The molecule has 9 nitrogen and oxygen atoms in total. The van der Waals surface area contributed by atoms with Crippen molar-refractivity contribution in [1.82, 2.24) is 19.4 Å². The van der Waals surface area contributed by atoms with Gasteiger partial charge < -0.3 is 14.7 Å². The summed E-state index contributed by atoms with van der Waals surface area (Å²) in [5, 5.41) is 11.1. The summed E-state index contributed by atoms with van der Waals surface area (Å²) < 4.78 is 7.23. The summed E-state index contributed by atoms with van der Waals surface area (Å²) >= 11 is 0.